The Hall–Kier alpha value is -0.690. The SMILES string of the molecule is CCCOc1ccc(CCC)cc1Cl. The molecule has 0 N–H and O–H groups in total. The van der Waals surface area contributed by atoms with Gasteiger partial charge in [-0.2, -0.15) is 0 Å². The summed E-state index contributed by atoms with van der Waals surface area (Å²) in [5.41, 5.74) is 1.28. The molecule has 0 spiro atoms. The van der Waals surface area contributed by atoms with Gasteiger partial charge in [-0.05, 0) is 30.5 Å². The Kier molecular flexibility index (Phi) is 4.81. The lowest BCUT2D eigenvalue weighted by molar-refractivity contribution is 0.317. The van der Waals surface area contributed by atoms with Crippen LogP contribution in [0.15, 0.2) is 18.2 Å². The highest BCUT2D eigenvalue weighted by molar-refractivity contribution is 6.32. The molecule has 0 atom stereocenters. The second kappa shape index (κ2) is 5.92. The maximum absolute atomic E-state index is 6.08. The number of hydrogen-bond acceptors (Lipinski definition) is 1. The van der Waals surface area contributed by atoms with Crippen LogP contribution in [-0.2, 0) is 6.42 Å². The minimum atomic E-state index is 0.726. The summed E-state index contributed by atoms with van der Waals surface area (Å²) >= 11 is 6.08. The first-order chi connectivity index (χ1) is 6.77. The molecule has 0 amide bonds. The molecule has 78 valence electrons. The fourth-order valence-electron chi connectivity index (χ4n) is 1.32. The van der Waals surface area contributed by atoms with Crippen molar-refractivity contribution in [1.82, 2.24) is 0 Å². The van der Waals surface area contributed by atoms with E-state index in [2.05, 4.69) is 19.9 Å². The van der Waals surface area contributed by atoms with E-state index in [1.165, 1.54) is 5.56 Å². The highest BCUT2D eigenvalue weighted by Gasteiger charge is 2.01. The van der Waals surface area contributed by atoms with E-state index in [4.69, 9.17) is 16.3 Å². The maximum atomic E-state index is 6.08. The van der Waals surface area contributed by atoms with Crippen LogP contribution in [0.3, 0.4) is 0 Å². The van der Waals surface area contributed by atoms with E-state index < -0.39 is 0 Å². The fourth-order valence-corrected chi connectivity index (χ4v) is 1.58. The van der Waals surface area contributed by atoms with Crippen LogP contribution >= 0.6 is 11.6 Å². The molecular weight excluding hydrogens is 196 g/mol. The van der Waals surface area contributed by atoms with Gasteiger partial charge in [0, 0.05) is 0 Å². The molecule has 1 aromatic rings. The average molecular weight is 213 g/mol. The van der Waals surface area contributed by atoms with E-state index in [0.29, 0.717) is 0 Å². The fraction of sp³-hybridized carbons (Fsp3) is 0.500. The van der Waals surface area contributed by atoms with Gasteiger partial charge in [-0.15, -0.1) is 0 Å². The van der Waals surface area contributed by atoms with Crippen LogP contribution in [0, 0.1) is 0 Å². The number of benzene rings is 1. The Bertz CT molecular complexity index is 284. The average Bonchev–Trinajstić information content (AvgIpc) is 2.17. The van der Waals surface area contributed by atoms with E-state index in [9.17, 15) is 0 Å². The Labute approximate surface area is 91.0 Å². The Balaban J connectivity index is 2.68. The van der Waals surface area contributed by atoms with Gasteiger partial charge in [0.05, 0.1) is 11.6 Å². The van der Waals surface area contributed by atoms with Gasteiger partial charge in [-0.1, -0.05) is 37.9 Å². The van der Waals surface area contributed by atoms with Crippen LogP contribution in [-0.4, -0.2) is 6.61 Å². The van der Waals surface area contributed by atoms with Crippen LogP contribution in [0.2, 0.25) is 5.02 Å². The molecule has 1 rings (SSSR count). The molecule has 0 aliphatic carbocycles. The maximum Gasteiger partial charge on any atom is 0.137 e. The zero-order chi connectivity index (χ0) is 10.4. The molecule has 0 saturated heterocycles. The lowest BCUT2D eigenvalue weighted by Gasteiger charge is -2.07. The van der Waals surface area contributed by atoms with Gasteiger partial charge in [0.25, 0.3) is 0 Å². The lowest BCUT2D eigenvalue weighted by Crippen LogP contribution is -1.96. The highest BCUT2D eigenvalue weighted by Crippen LogP contribution is 2.25. The normalized spacial score (nSPS) is 10.2. The molecule has 0 aliphatic rings. The number of hydrogen-bond donors (Lipinski definition) is 0. The number of aryl methyl sites for hydroxylation is 1. The first-order valence-electron chi connectivity index (χ1n) is 5.19. The zero-order valence-corrected chi connectivity index (χ0v) is 9.60. The molecule has 2 heteroatoms. The summed E-state index contributed by atoms with van der Waals surface area (Å²) in [7, 11) is 0. The van der Waals surface area contributed by atoms with Gasteiger partial charge in [-0.3, -0.25) is 0 Å². The first-order valence-corrected chi connectivity index (χ1v) is 5.57. The summed E-state index contributed by atoms with van der Waals surface area (Å²) in [6, 6.07) is 6.04. The molecule has 1 aromatic carbocycles. The third-order valence-corrected chi connectivity index (χ3v) is 2.29. The second-order valence-electron chi connectivity index (χ2n) is 3.36. The van der Waals surface area contributed by atoms with Gasteiger partial charge in [0.2, 0.25) is 0 Å². The summed E-state index contributed by atoms with van der Waals surface area (Å²) < 4.78 is 5.49. The van der Waals surface area contributed by atoms with Crippen molar-refractivity contribution in [3.05, 3.63) is 28.8 Å². The second-order valence-corrected chi connectivity index (χ2v) is 3.77. The number of halogens is 1. The van der Waals surface area contributed by atoms with E-state index in [-0.39, 0.29) is 0 Å². The topological polar surface area (TPSA) is 9.23 Å². The standard InChI is InChI=1S/C12H17ClO/c1-3-5-10-6-7-12(11(13)9-10)14-8-4-2/h6-7,9H,3-5,8H2,1-2H3. The predicted molar refractivity (Wildman–Crippen MR) is 61.2 cm³/mol. The van der Waals surface area contributed by atoms with E-state index in [1.54, 1.807) is 0 Å². The van der Waals surface area contributed by atoms with Crippen LogP contribution < -0.4 is 4.74 Å². The van der Waals surface area contributed by atoms with Crippen molar-refractivity contribution < 1.29 is 4.74 Å². The molecule has 0 unspecified atom stereocenters. The van der Waals surface area contributed by atoms with Crippen molar-refractivity contribution in [2.75, 3.05) is 6.61 Å². The summed E-state index contributed by atoms with van der Waals surface area (Å²) in [5.74, 6) is 0.799. The molecule has 0 radical (unpaired) electrons. The minimum Gasteiger partial charge on any atom is -0.492 e. The van der Waals surface area contributed by atoms with Crippen molar-refractivity contribution in [3.8, 4) is 5.75 Å². The first kappa shape index (κ1) is 11.4. The monoisotopic (exact) mass is 212 g/mol. The minimum absolute atomic E-state index is 0.726. The Morgan fingerprint density at radius 1 is 1.21 bits per heavy atom. The zero-order valence-electron chi connectivity index (χ0n) is 8.85. The summed E-state index contributed by atoms with van der Waals surface area (Å²) in [6.07, 6.45) is 3.23. The third kappa shape index (κ3) is 3.22. The van der Waals surface area contributed by atoms with Crippen molar-refractivity contribution in [2.45, 2.75) is 33.1 Å². The van der Waals surface area contributed by atoms with Crippen LogP contribution in [0.5, 0.6) is 5.75 Å². The number of rotatable bonds is 5. The molecule has 0 saturated carbocycles. The van der Waals surface area contributed by atoms with E-state index >= 15 is 0 Å². The molecule has 0 aromatic heterocycles. The summed E-state index contributed by atoms with van der Waals surface area (Å²) in [6.45, 7) is 4.97. The quantitative estimate of drug-likeness (QED) is 0.715. The lowest BCUT2D eigenvalue weighted by atomic mass is 10.1. The number of ether oxygens (including phenoxy) is 1. The molecular formula is C12H17ClO. The van der Waals surface area contributed by atoms with Gasteiger partial charge >= 0.3 is 0 Å². The molecule has 0 bridgehead atoms. The smallest absolute Gasteiger partial charge is 0.137 e. The van der Waals surface area contributed by atoms with Crippen LogP contribution in [0.4, 0.5) is 0 Å². The van der Waals surface area contributed by atoms with Crippen LogP contribution in [0.1, 0.15) is 32.3 Å². The largest absolute Gasteiger partial charge is 0.492 e. The van der Waals surface area contributed by atoms with E-state index in [0.717, 1.165) is 36.6 Å². The van der Waals surface area contributed by atoms with Gasteiger partial charge in [0.1, 0.15) is 5.75 Å². The third-order valence-electron chi connectivity index (χ3n) is 2.00. The van der Waals surface area contributed by atoms with Crippen molar-refractivity contribution in [1.29, 1.82) is 0 Å². The Morgan fingerprint density at radius 3 is 2.57 bits per heavy atom. The molecule has 0 fully saturated rings. The van der Waals surface area contributed by atoms with Gasteiger partial charge in [-0.25, -0.2) is 0 Å². The molecule has 1 nitrogen and oxygen atoms in total. The van der Waals surface area contributed by atoms with Crippen molar-refractivity contribution >= 4 is 11.6 Å². The van der Waals surface area contributed by atoms with Crippen LogP contribution in [0.25, 0.3) is 0 Å². The molecule has 0 heterocycles. The van der Waals surface area contributed by atoms with Gasteiger partial charge in [0.15, 0.2) is 0 Å². The van der Waals surface area contributed by atoms with Crippen molar-refractivity contribution in [3.63, 3.8) is 0 Å². The van der Waals surface area contributed by atoms with Crippen molar-refractivity contribution in [2.24, 2.45) is 0 Å². The highest BCUT2D eigenvalue weighted by atomic mass is 35.5. The molecule has 0 aliphatic heterocycles. The predicted octanol–water partition coefficient (Wildman–Crippen LogP) is 4.08. The van der Waals surface area contributed by atoms with Gasteiger partial charge < -0.3 is 4.74 Å². The summed E-state index contributed by atoms with van der Waals surface area (Å²) in [4.78, 5) is 0. The Morgan fingerprint density at radius 2 is 2.00 bits per heavy atom. The van der Waals surface area contributed by atoms with E-state index in [1.807, 2.05) is 12.1 Å². The molecule has 14 heavy (non-hydrogen) atoms. The summed E-state index contributed by atoms with van der Waals surface area (Å²) in [5, 5.41) is 0.726.